The zero-order chi connectivity index (χ0) is 15.5. The lowest BCUT2D eigenvalue weighted by atomic mass is 9.97. The molecule has 1 saturated carbocycles. The van der Waals surface area contributed by atoms with E-state index < -0.39 is 10.0 Å². The zero-order valence-corrected chi connectivity index (χ0v) is 13.5. The summed E-state index contributed by atoms with van der Waals surface area (Å²) in [4.78, 5) is 0.220. The van der Waals surface area contributed by atoms with E-state index in [-0.39, 0.29) is 4.90 Å². The first kappa shape index (κ1) is 16.3. The summed E-state index contributed by atoms with van der Waals surface area (Å²) in [5.74, 6) is 1.33. The fourth-order valence-electron chi connectivity index (χ4n) is 2.82. The highest BCUT2D eigenvalue weighted by Gasteiger charge is 2.28. The number of benzene rings is 1. The van der Waals surface area contributed by atoms with E-state index in [0.29, 0.717) is 30.7 Å². The molecule has 0 spiro atoms. The van der Waals surface area contributed by atoms with Crippen molar-refractivity contribution in [3.05, 3.63) is 24.3 Å². The number of para-hydroxylation sites is 1. The minimum Gasteiger partial charge on any atom is -0.492 e. The normalized spacial score (nSPS) is 22.7. The first-order valence-electron chi connectivity index (χ1n) is 7.31. The molecule has 0 amide bonds. The molecule has 0 radical (unpaired) electrons. The van der Waals surface area contributed by atoms with E-state index >= 15 is 0 Å². The van der Waals surface area contributed by atoms with Crippen LogP contribution in [0, 0.1) is 11.8 Å². The van der Waals surface area contributed by atoms with Crippen molar-refractivity contribution in [1.29, 1.82) is 0 Å². The lowest BCUT2D eigenvalue weighted by molar-refractivity contribution is 0.212. The Morgan fingerprint density at radius 2 is 1.90 bits per heavy atom. The van der Waals surface area contributed by atoms with Crippen LogP contribution >= 0.6 is 0 Å². The molecule has 6 heteroatoms. The molecule has 2 N–H and O–H groups in total. The molecule has 5 nitrogen and oxygen atoms in total. The van der Waals surface area contributed by atoms with Crippen molar-refractivity contribution in [3.8, 4) is 5.75 Å². The third kappa shape index (κ3) is 3.56. The molecule has 0 heterocycles. The van der Waals surface area contributed by atoms with E-state index in [1.165, 1.54) is 24.8 Å². The maximum absolute atomic E-state index is 12.3. The van der Waals surface area contributed by atoms with Gasteiger partial charge in [0.15, 0.2) is 0 Å². The van der Waals surface area contributed by atoms with Gasteiger partial charge in [-0.2, -0.15) is 0 Å². The quantitative estimate of drug-likeness (QED) is 0.867. The molecule has 2 atom stereocenters. The summed E-state index contributed by atoms with van der Waals surface area (Å²) in [5, 5.41) is 0. The lowest BCUT2D eigenvalue weighted by Gasteiger charge is -2.20. The monoisotopic (exact) mass is 312 g/mol. The van der Waals surface area contributed by atoms with E-state index in [9.17, 15) is 8.42 Å². The van der Waals surface area contributed by atoms with Gasteiger partial charge in [0.2, 0.25) is 10.0 Å². The van der Waals surface area contributed by atoms with Crippen molar-refractivity contribution in [2.45, 2.75) is 24.2 Å². The number of ether oxygens (including phenoxy) is 1. The largest absolute Gasteiger partial charge is 0.492 e. The fourth-order valence-corrected chi connectivity index (χ4v) is 3.84. The van der Waals surface area contributed by atoms with Gasteiger partial charge in [0, 0.05) is 14.1 Å². The van der Waals surface area contributed by atoms with Crippen LogP contribution in [0.25, 0.3) is 0 Å². The fraction of sp³-hybridized carbons (Fsp3) is 0.600. The van der Waals surface area contributed by atoms with E-state index in [0.717, 1.165) is 12.8 Å². The molecular formula is C15H24N2O3S. The van der Waals surface area contributed by atoms with Gasteiger partial charge in [-0.25, -0.2) is 12.7 Å². The molecule has 0 aliphatic heterocycles. The van der Waals surface area contributed by atoms with E-state index in [4.69, 9.17) is 10.5 Å². The Balaban J connectivity index is 2.14. The van der Waals surface area contributed by atoms with E-state index in [1.807, 2.05) is 0 Å². The molecule has 1 aliphatic carbocycles. The van der Waals surface area contributed by atoms with Crippen molar-refractivity contribution >= 4 is 10.0 Å². The minimum atomic E-state index is -3.49. The van der Waals surface area contributed by atoms with Gasteiger partial charge >= 0.3 is 0 Å². The summed E-state index contributed by atoms with van der Waals surface area (Å²) in [5.41, 5.74) is 5.77. The van der Waals surface area contributed by atoms with Gasteiger partial charge in [0.25, 0.3) is 0 Å². The molecule has 0 bridgehead atoms. The van der Waals surface area contributed by atoms with Gasteiger partial charge in [-0.15, -0.1) is 0 Å². The third-order valence-electron chi connectivity index (χ3n) is 4.18. The van der Waals surface area contributed by atoms with Crippen LogP contribution in [0.15, 0.2) is 29.2 Å². The smallest absolute Gasteiger partial charge is 0.246 e. The SMILES string of the molecule is CN(C)S(=O)(=O)c1ccccc1OCC1CCCC1CN. The molecule has 1 aromatic rings. The van der Waals surface area contributed by atoms with Gasteiger partial charge in [0.1, 0.15) is 10.6 Å². The Hall–Kier alpha value is -1.11. The topological polar surface area (TPSA) is 72.6 Å². The molecule has 21 heavy (non-hydrogen) atoms. The Morgan fingerprint density at radius 3 is 2.57 bits per heavy atom. The number of nitrogens with zero attached hydrogens (tertiary/aromatic N) is 1. The number of hydrogen-bond acceptors (Lipinski definition) is 4. The summed E-state index contributed by atoms with van der Waals surface area (Å²) < 4.78 is 31.6. The molecular weight excluding hydrogens is 288 g/mol. The Bertz CT molecular complexity index is 572. The predicted octanol–water partition coefficient (Wildman–Crippen LogP) is 1.69. The van der Waals surface area contributed by atoms with Crippen LogP contribution in [-0.2, 0) is 10.0 Å². The average molecular weight is 312 g/mol. The molecule has 2 rings (SSSR count). The molecule has 0 aromatic heterocycles. The summed E-state index contributed by atoms with van der Waals surface area (Å²) in [7, 11) is -0.446. The van der Waals surface area contributed by atoms with Gasteiger partial charge in [-0.05, 0) is 43.4 Å². The Kier molecular flexibility index (Phi) is 5.24. The lowest BCUT2D eigenvalue weighted by Crippen LogP contribution is -2.25. The highest BCUT2D eigenvalue weighted by molar-refractivity contribution is 7.89. The predicted molar refractivity (Wildman–Crippen MR) is 82.7 cm³/mol. The highest BCUT2D eigenvalue weighted by atomic mass is 32.2. The minimum absolute atomic E-state index is 0.220. The summed E-state index contributed by atoms with van der Waals surface area (Å²) in [6.07, 6.45) is 3.42. The highest BCUT2D eigenvalue weighted by Crippen LogP contribution is 2.32. The molecule has 118 valence electrons. The van der Waals surface area contributed by atoms with Crippen LogP contribution in [0.3, 0.4) is 0 Å². The second-order valence-corrected chi connectivity index (χ2v) is 7.85. The number of rotatable bonds is 6. The molecule has 0 saturated heterocycles. The Morgan fingerprint density at radius 1 is 1.24 bits per heavy atom. The molecule has 1 aromatic carbocycles. The first-order chi connectivity index (χ1) is 9.96. The summed E-state index contributed by atoms with van der Waals surface area (Å²) in [6.45, 7) is 1.20. The van der Waals surface area contributed by atoms with Crippen LogP contribution in [-0.4, -0.2) is 40.0 Å². The first-order valence-corrected chi connectivity index (χ1v) is 8.75. The standard InChI is InChI=1S/C15H24N2O3S/c1-17(2)21(18,19)15-9-4-3-8-14(15)20-11-13-7-5-6-12(13)10-16/h3-4,8-9,12-13H,5-7,10-11,16H2,1-2H3. The van der Waals surface area contributed by atoms with E-state index in [2.05, 4.69) is 0 Å². The third-order valence-corrected chi connectivity index (χ3v) is 6.03. The molecule has 1 aliphatic rings. The van der Waals surface area contributed by atoms with Gasteiger partial charge < -0.3 is 10.5 Å². The van der Waals surface area contributed by atoms with Crippen LogP contribution in [0.2, 0.25) is 0 Å². The molecule has 2 unspecified atom stereocenters. The number of sulfonamides is 1. The maximum atomic E-state index is 12.3. The summed E-state index contributed by atoms with van der Waals surface area (Å²) >= 11 is 0. The van der Waals surface area contributed by atoms with Crippen molar-refractivity contribution in [2.75, 3.05) is 27.2 Å². The van der Waals surface area contributed by atoms with Crippen LogP contribution in [0.4, 0.5) is 0 Å². The van der Waals surface area contributed by atoms with Crippen LogP contribution in [0.5, 0.6) is 5.75 Å². The van der Waals surface area contributed by atoms with Crippen molar-refractivity contribution in [3.63, 3.8) is 0 Å². The van der Waals surface area contributed by atoms with Gasteiger partial charge in [-0.3, -0.25) is 0 Å². The van der Waals surface area contributed by atoms with Gasteiger partial charge in [0.05, 0.1) is 6.61 Å². The van der Waals surface area contributed by atoms with Crippen molar-refractivity contribution in [2.24, 2.45) is 17.6 Å². The zero-order valence-electron chi connectivity index (χ0n) is 12.7. The number of nitrogens with two attached hydrogens (primary N) is 1. The second-order valence-electron chi connectivity index (χ2n) is 5.73. The summed E-state index contributed by atoms with van der Waals surface area (Å²) in [6, 6.07) is 6.79. The van der Waals surface area contributed by atoms with Crippen molar-refractivity contribution < 1.29 is 13.2 Å². The number of hydrogen-bond donors (Lipinski definition) is 1. The van der Waals surface area contributed by atoms with E-state index in [1.54, 1.807) is 24.3 Å². The second kappa shape index (κ2) is 6.77. The van der Waals surface area contributed by atoms with Crippen molar-refractivity contribution in [1.82, 2.24) is 4.31 Å². The van der Waals surface area contributed by atoms with Crippen LogP contribution < -0.4 is 10.5 Å². The Labute approximate surface area is 127 Å². The van der Waals surface area contributed by atoms with Gasteiger partial charge in [-0.1, -0.05) is 18.6 Å². The average Bonchev–Trinajstić information content (AvgIpc) is 2.92. The van der Waals surface area contributed by atoms with Crippen LogP contribution in [0.1, 0.15) is 19.3 Å². The molecule has 1 fully saturated rings. The maximum Gasteiger partial charge on any atom is 0.246 e.